The highest BCUT2D eigenvalue weighted by molar-refractivity contribution is 5.76. The van der Waals surface area contributed by atoms with Gasteiger partial charge >= 0.3 is 12.1 Å². The third kappa shape index (κ3) is 7.33. The van der Waals surface area contributed by atoms with E-state index in [4.69, 9.17) is 15.2 Å². The first kappa shape index (κ1) is 33.1. The lowest BCUT2D eigenvalue weighted by molar-refractivity contribution is -0.198. The van der Waals surface area contributed by atoms with Gasteiger partial charge < -0.3 is 30.5 Å². The number of aromatic nitrogens is 2. The highest BCUT2D eigenvalue weighted by Crippen LogP contribution is 2.44. The molecule has 1 spiro atoms. The fourth-order valence-corrected chi connectivity index (χ4v) is 6.56. The lowest BCUT2D eigenvalue weighted by atomic mass is 9.76. The van der Waals surface area contributed by atoms with Gasteiger partial charge in [0, 0.05) is 31.3 Å². The van der Waals surface area contributed by atoms with Crippen molar-refractivity contribution in [3.63, 3.8) is 0 Å². The molecular formula is C36H38F3N5O4. The molecule has 0 saturated carbocycles. The van der Waals surface area contributed by atoms with Crippen LogP contribution in [0.25, 0.3) is 22.3 Å². The summed E-state index contributed by atoms with van der Waals surface area (Å²) in [6, 6.07) is 22.0. The van der Waals surface area contributed by atoms with Crippen molar-refractivity contribution in [3.8, 4) is 33.9 Å². The molecular weight excluding hydrogens is 623 g/mol. The summed E-state index contributed by atoms with van der Waals surface area (Å²) in [5.41, 5.74) is 8.33. The van der Waals surface area contributed by atoms with Crippen LogP contribution in [0.5, 0.6) is 11.6 Å². The molecule has 0 aliphatic carbocycles. The predicted molar refractivity (Wildman–Crippen MR) is 177 cm³/mol. The van der Waals surface area contributed by atoms with Gasteiger partial charge in [-0.25, -0.2) is 0 Å². The van der Waals surface area contributed by atoms with E-state index in [0.717, 1.165) is 23.3 Å². The van der Waals surface area contributed by atoms with E-state index in [2.05, 4.69) is 15.3 Å². The Labute approximate surface area is 276 Å². The molecule has 4 aromatic rings. The van der Waals surface area contributed by atoms with E-state index in [1.54, 1.807) is 42.5 Å². The number of aliphatic carboxylic acids is 1. The van der Waals surface area contributed by atoms with Crippen LogP contribution in [-0.4, -0.2) is 59.5 Å². The van der Waals surface area contributed by atoms with E-state index in [1.807, 2.05) is 36.1 Å². The molecule has 0 amide bonds. The second-order valence-corrected chi connectivity index (χ2v) is 12.5. The number of carboxylic acids is 1. The van der Waals surface area contributed by atoms with Gasteiger partial charge in [-0.05, 0) is 71.6 Å². The Kier molecular flexibility index (Phi) is 9.45. The van der Waals surface area contributed by atoms with E-state index >= 15 is 0 Å². The van der Waals surface area contributed by atoms with Gasteiger partial charge in [0.1, 0.15) is 17.6 Å². The standard InChI is InChI=1S/C36H38F3N5O4/c1-2-18-47-26-11-8-23(9-12-26)25-10-13-27(28(19-25)24-6-4-3-5-7-24)32(36(37,38)39)48-31-20-30(42-34(40)43-31)44-16-14-35(15-17-44)21-29(33(45)46)41-22-35/h3-13,19-20,29,32,41H,2,14-18,21-22H2,1H3,(H,45,46)(H2,40,42,43)/t29-,32?/m0/s1. The molecule has 48 heavy (non-hydrogen) atoms. The van der Waals surface area contributed by atoms with Gasteiger partial charge in [0.25, 0.3) is 0 Å². The van der Waals surface area contributed by atoms with Gasteiger partial charge in [-0.1, -0.05) is 61.5 Å². The first-order valence-corrected chi connectivity index (χ1v) is 16.1. The van der Waals surface area contributed by atoms with Crippen LogP contribution >= 0.6 is 0 Å². The zero-order valence-electron chi connectivity index (χ0n) is 26.5. The molecule has 3 heterocycles. The average Bonchev–Trinajstić information content (AvgIpc) is 3.50. The van der Waals surface area contributed by atoms with Crippen molar-refractivity contribution >= 4 is 17.7 Å². The van der Waals surface area contributed by atoms with Gasteiger partial charge in [0.05, 0.1) is 6.61 Å². The van der Waals surface area contributed by atoms with Gasteiger partial charge in [-0.15, -0.1) is 0 Å². The number of nitrogens with two attached hydrogens (primary N) is 1. The van der Waals surface area contributed by atoms with Crippen molar-refractivity contribution in [1.82, 2.24) is 15.3 Å². The highest BCUT2D eigenvalue weighted by Gasteiger charge is 2.46. The van der Waals surface area contributed by atoms with Gasteiger partial charge in [-0.2, -0.15) is 23.1 Å². The maximum atomic E-state index is 14.9. The van der Waals surface area contributed by atoms with Gasteiger partial charge in [0.15, 0.2) is 0 Å². The number of nitrogens with zero attached hydrogens (tertiary/aromatic N) is 3. The molecule has 2 atom stereocenters. The largest absolute Gasteiger partial charge is 0.494 e. The summed E-state index contributed by atoms with van der Waals surface area (Å²) in [5.74, 6) is -0.281. The number of nitrogens with one attached hydrogen (secondary N) is 1. The molecule has 9 nitrogen and oxygen atoms in total. The summed E-state index contributed by atoms with van der Waals surface area (Å²) in [6.07, 6.45) is -4.33. The number of hydrogen-bond acceptors (Lipinski definition) is 8. The number of rotatable bonds is 10. The Balaban J connectivity index is 1.29. The molecule has 2 aliphatic rings. The molecule has 0 radical (unpaired) electrons. The molecule has 1 aromatic heterocycles. The van der Waals surface area contributed by atoms with Crippen molar-refractivity contribution in [3.05, 3.63) is 84.4 Å². The minimum absolute atomic E-state index is 0.0688. The summed E-state index contributed by atoms with van der Waals surface area (Å²) in [5, 5.41) is 12.5. The predicted octanol–water partition coefficient (Wildman–Crippen LogP) is 6.90. The van der Waals surface area contributed by atoms with Crippen molar-refractivity contribution in [2.24, 2.45) is 5.41 Å². The second-order valence-electron chi connectivity index (χ2n) is 12.5. The molecule has 12 heteroatoms. The fraction of sp³-hybridized carbons (Fsp3) is 0.361. The Morgan fingerprint density at radius 1 is 1.02 bits per heavy atom. The van der Waals surface area contributed by atoms with Crippen LogP contribution in [0.15, 0.2) is 78.9 Å². The second kappa shape index (κ2) is 13.7. The summed E-state index contributed by atoms with van der Waals surface area (Å²) >= 11 is 0. The summed E-state index contributed by atoms with van der Waals surface area (Å²) in [6.45, 7) is 4.30. The number of carbonyl (C=O) groups is 1. The van der Waals surface area contributed by atoms with Gasteiger partial charge in [0.2, 0.25) is 17.9 Å². The van der Waals surface area contributed by atoms with Crippen molar-refractivity contribution in [1.29, 1.82) is 0 Å². The van der Waals surface area contributed by atoms with Crippen molar-refractivity contribution < 1.29 is 32.5 Å². The average molecular weight is 662 g/mol. The lowest BCUT2D eigenvalue weighted by Crippen LogP contribution is -2.41. The van der Waals surface area contributed by atoms with Crippen LogP contribution in [0.1, 0.15) is 44.3 Å². The Bertz CT molecular complexity index is 1730. The van der Waals surface area contributed by atoms with E-state index in [9.17, 15) is 23.1 Å². The maximum Gasteiger partial charge on any atom is 0.429 e. The molecule has 1 unspecified atom stereocenters. The Morgan fingerprint density at radius 3 is 2.38 bits per heavy atom. The minimum atomic E-state index is -4.79. The number of alkyl halides is 3. The van der Waals surface area contributed by atoms with Crippen molar-refractivity contribution in [2.75, 3.05) is 36.9 Å². The zero-order chi connectivity index (χ0) is 33.9. The first-order chi connectivity index (χ1) is 23.0. The number of benzene rings is 3. The summed E-state index contributed by atoms with van der Waals surface area (Å²) in [7, 11) is 0. The zero-order valence-corrected chi connectivity index (χ0v) is 26.5. The van der Waals surface area contributed by atoms with Crippen molar-refractivity contribution in [2.45, 2.75) is 50.9 Å². The number of hydrogen-bond donors (Lipinski definition) is 3. The smallest absolute Gasteiger partial charge is 0.429 e. The third-order valence-electron chi connectivity index (χ3n) is 9.13. The van der Waals surface area contributed by atoms with Crippen LogP contribution < -0.4 is 25.4 Å². The Morgan fingerprint density at radius 2 is 1.73 bits per heavy atom. The SMILES string of the molecule is CCCOc1ccc(-c2ccc(C(Oc3cc(N4CCC5(CC4)CN[C@H](C(=O)O)C5)nc(N)n3)C(F)(F)F)c(-c3ccccc3)c2)cc1. The Hall–Kier alpha value is -4.84. The number of piperidine rings is 1. The van der Waals surface area contributed by atoms with Gasteiger partial charge in [-0.3, -0.25) is 4.79 Å². The fourth-order valence-electron chi connectivity index (χ4n) is 6.56. The van der Waals surface area contributed by atoms with E-state index in [0.29, 0.717) is 62.4 Å². The maximum absolute atomic E-state index is 14.9. The quantitative estimate of drug-likeness (QED) is 0.167. The third-order valence-corrected chi connectivity index (χ3v) is 9.13. The molecule has 2 aliphatic heterocycles. The number of nitrogen functional groups attached to an aromatic ring is 1. The first-order valence-electron chi connectivity index (χ1n) is 16.1. The molecule has 2 saturated heterocycles. The minimum Gasteiger partial charge on any atom is -0.494 e. The van der Waals surface area contributed by atoms with Crippen LogP contribution in [-0.2, 0) is 4.79 Å². The molecule has 4 N–H and O–H groups in total. The number of carboxylic acid groups (broad SMARTS) is 1. The van der Waals surface area contributed by atoms with E-state index in [-0.39, 0.29) is 22.8 Å². The molecule has 2 fully saturated rings. The summed E-state index contributed by atoms with van der Waals surface area (Å²) < 4.78 is 56.1. The van der Waals surface area contributed by atoms with E-state index < -0.39 is 24.3 Å². The monoisotopic (exact) mass is 661 g/mol. The number of anilines is 2. The molecule has 3 aromatic carbocycles. The van der Waals surface area contributed by atoms with Crippen LogP contribution in [0.3, 0.4) is 0 Å². The number of halogens is 3. The van der Waals surface area contributed by atoms with Crippen LogP contribution in [0.2, 0.25) is 0 Å². The molecule has 252 valence electrons. The highest BCUT2D eigenvalue weighted by atomic mass is 19.4. The molecule has 0 bridgehead atoms. The van der Waals surface area contributed by atoms with Crippen LogP contribution in [0.4, 0.5) is 24.9 Å². The van der Waals surface area contributed by atoms with E-state index in [1.165, 1.54) is 12.1 Å². The summed E-state index contributed by atoms with van der Waals surface area (Å²) in [4.78, 5) is 21.7. The molecule has 6 rings (SSSR count). The number of ether oxygens (including phenoxy) is 2. The normalized spacial score (nSPS) is 18.1. The lowest BCUT2D eigenvalue weighted by Gasteiger charge is -2.39. The topological polar surface area (TPSA) is 123 Å². The van der Waals surface area contributed by atoms with Crippen LogP contribution in [0, 0.1) is 5.41 Å².